The van der Waals surface area contributed by atoms with Gasteiger partial charge in [0.1, 0.15) is 0 Å². The first kappa shape index (κ1) is 17.3. The number of cyclic esters (lactones) is 1. The van der Waals surface area contributed by atoms with E-state index in [2.05, 4.69) is 4.99 Å². The van der Waals surface area contributed by atoms with Gasteiger partial charge in [0.25, 0.3) is 0 Å². The molecule has 0 unspecified atom stereocenters. The number of aliphatic imine (C=N–C) groups is 1. The third-order valence-electron chi connectivity index (χ3n) is 3.51. The van der Waals surface area contributed by atoms with Gasteiger partial charge in [0.2, 0.25) is 5.90 Å². The molecule has 0 radical (unpaired) electrons. The first-order valence-corrected chi connectivity index (χ1v) is 7.98. The number of rotatable bonds is 4. The molecule has 0 saturated heterocycles. The van der Waals surface area contributed by atoms with E-state index in [1.165, 1.54) is 14.2 Å². The summed E-state index contributed by atoms with van der Waals surface area (Å²) in [4.78, 5) is 16.4. The van der Waals surface area contributed by atoms with Crippen LogP contribution in [0.2, 0.25) is 10.0 Å². The fourth-order valence-corrected chi connectivity index (χ4v) is 2.85. The lowest BCUT2D eigenvalue weighted by Gasteiger charge is -2.09. The Morgan fingerprint density at radius 2 is 1.92 bits per heavy atom. The first-order valence-electron chi connectivity index (χ1n) is 7.22. The zero-order chi connectivity index (χ0) is 18.0. The molecule has 128 valence electrons. The minimum Gasteiger partial charge on any atom is -0.493 e. The summed E-state index contributed by atoms with van der Waals surface area (Å²) in [5.74, 6) is 0.595. The van der Waals surface area contributed by atoms with Gasteiger partial charge in [-0.1, -0.05) is 35.3 Å². The summed E-state index contributed by atoms with van der Waals surface area (Å²) in [7, 11) is 3.06. The third-order valence-corrected chi connectivity index (χ3v) is 4.06. The third kappa shape index (κ3) is 3.48. The molecule has 0 spiro atoms. The summed E-state index contributed by atoms with van der Waals surface area (Å²) in [6.45, 7) is 0. The van der Waals surface area contributed by atoms with Crippen LogP contribution in [0.5, 0.6) is 11.5 Å². The highest BCUT2D eigenvalue weighted by Crippen LogP contribution is 2.33. The normalized spacial score (nSPS) is 15.1. The highest BCUT2D eigenvalue weighted by molar-refractivity contribution is 6.37. The highest BCUT2D eigenvalue weighted by atomic mass is 35.5. The second kappa shape index (κ2) is 7.17. The van der Waals surface area contributed by atoms with E-state index >= 15 is 0 Å². The summed E-state index contributed by atoms with van der Waals surface area (Å²) in [6, 6.07) is 10.2. The van der Waals surface area contributed by atoms with Crippen molar-refractivity contribution in [1.82, 2.24) is 0 Å². The van der Waals surface area contributed by atoms with Crippen LogP contribution in [0.25, 0.3) is 6.08 Å². The summed E-state index contributed by atoms with van der Waals surface area (Å²) < 4.78 is 15.8. The number of nitrogens with zero attached hydrogens (tertiary/aromatic N) is 1. The Labute approximate surface area is 154 Å². The molecule has 0 N–H and O–H groups in total. The van der Waals surface area contributed by atoms with Gasteiger partial charge in [0, 0.05) is 10.6 Å². The van der Waals surface area contributed by atoms with Crippen LogP contribution in [-0.2, 0) is 9.53 Å². The molecule has 1 aliphatic heterocycles. The molecule has 2 aromatic rings. The standard InChI is InChI=1S/C18H13Cl2NO4/c1-23-15-5-3-4-10(16(15)24-2)8-14-18(22)25-17(21-14)12-7-6-11(19)9-13(12)20/h3-9H,1-2H3/b14-8-. The molecule has 0 saturated carbocycles. The van der Waals surface area contributed by atoms with Crippen molar-refractivity contribution in [3.05, 3.63) is 63.3 Å². The maximum Gasteiger partial charge on any atom is 0.363 e. The predicted octanol–water partition coefficient (Wildman–Crippen LogP) is 4.36. The van der Waals surface area contributed by atoms with Gasteiger partial charge in [-0.2, -0.15) is 0 Å². The van der Waals surface area contributed by atoms with Gasteiger partial charge in [-0.05, 0) is 30.3 Å². The molecule has 1 heterocycles. The summed E-state index contributed by atoms with van der Waals surface area (Å²) in [6.07, 6.45) is 1.57. The average molecular weight is 378 g/mol. The van der Waals surface area contributed by atoms with E-state index in [0.29, 0.717) is 32.7 Å². The number of hydrogen-bond acceptors (Lipinski definition) is 5. The quantitative estimate of drug-likeness (QED) is 0.586. The van der Waals surface area contributed by atoms with E-state index < -0.39 is 5.97 Å². The SMILES string of the molecule is COc1cccc(/C=C2\N=C(c3ccc(Cl)cc3Cl)OC2=O)c1OC. The largest absolute Gasteiger partial charge is 0.493 e. The molecule has 3 rings (SSSR count). The van der Waals surface area contributed by atoms with E-state index in [4.69, 9.17) is 37.4 Å². The molecular formula is C18H13Cl2NO4. The van der Waals surface area contributed by atoms with Crippen LogP contribution in [0.15, 0.2) is 47.1 Å². The van der Waals surface area contributed by atoms with E-state index in [9.17, 15) is 4.79 Å². The highest BCUT2D eigenvalue weighted by Gasteiger charge is 2.26. The molecule has 0 amide bonds. The van der Waals surface area contributed by atoms with Crippen LogP contribution >= 0.6 is 23.2 Å². The Bertz CT molecular complexity index is 906. The number of para-hydroxylation sites is 1. The molecular weight excluding hydrogens is 365 g/mol. The van der Waals surface area contributed by atoms with Crippen molar-refractivity contribution < 1.29 is 19.0 Å². The lowest BCUT2D eigenvalue weighted by molar-refractivity contribution is -0.129. The first-order chi connectivity index (χ1) is 12.0. The van der Waals surface area contributed by atoms with Gasteiger partial charge < -0.3 is 14.2 Å². The Morgan fingerprint density at radius 1 is 1.12 bits per heavy atom. The van der Waals surface area contributed by atoms with Crippen LogP contribution < -0.4 is 9.47 Å². The predicted molar refractivity (Wildman–Crippen MR) is 96.6 cm³/mol. The molecule has 0 bridgehead atoms. The van der Waals surface area contributed by atoms with Crippen LogP contribution in [0.3, 0.4) is 0 Å². The zero-order valence-corrected chi connectivity index (χ0v) is 14.9. The Morgan fingerprint density at radius 3 is 2.60 bits per heavy atom. The number of methoxy groups -OCH3 is 2. The van der Waals surface area contributed by atoms with Crippen LogP contribution in [0, 0.1) is 0 Å². The maximum atomic E-state index is 12.1. The van der Waals surface area contributed by atoms with Crippen molar-refractivity contribution >= 4 is 41.1 Å². The fraction of sp³-hybridized carbons (Fsp3) is 0.111. The zero-order valence-electron chi connectivity index (χ0n) is 13.4. The minimum atomic E-state index is -0.578. The van der Waals surface area contributed by atoms with Crippen molar-refractivity contribution in [2.45, 2.75) is 0 Å². The molecule has 5 nitrogen and oxygen atoms in total. The Hall–Kier alpha value is -2.50. The van der Waals surface area contributed by atoms with Gasteiger partial charge in [-0.25, -0.2) is 9.79 Å². The molecule has 0 fully saturated rings. The van der Waals surface area contributed by atoms with Crippen molar-refractivity contribution in [3.8, 4) is 11.5 Å². The number of ether oxygens (including phenoxy) is 3. The molecule has 0 aliphatic carbocycles. The number of carbonyl (C=O) groups excluding carboxylic acids is 1. The Kier molecular flexibility index (Phi) is 4.97. The lowest BCUT2D eigenvalue weighted by atomic mass is 10.1. The van der Waals surface area contributed by atoms with Crippen molar-refractivity contribution in [1.29, 1.82) is 0 Å². The number of carbonyl (C=O) groups is 1. The van der Waals surface area contributed by atoms with Gasteiger partial charge in [-0.3, -0.25) is 0 Å². The van der Waals surface area contributed by atoms with Crippen molar-refractivity contribution in [2.75, 3.05) is 14.2 Å². The summed E-state index contributed by atoms with van der Waals surface area (Å²) in [5.41, 5.74) is 1.26. The van der Waals surface area contributed by atoms with Crippen LogP contribution in [-0.4, -0.2) is 26.1 Å². The minimum absolute atomic E-state index is 0.125. The van der Waals surface area contributed by atoms with Crippen molar-refractivity contribution in [2.24, 2.45) is 4.99 Å². The number of halogens is 2. The molecule has 7 heteroatoms. The van der Waals surface area contributed by atoms with Crippen LogP contribution in [0.1, 0.15) is 11.1 Å². The lowest BCUT2D eigenvalue weighted by Crippen LogP contribution is -2.06. The smallest absolute Gasteiger partial charge is 0.363 e. The molecule has 2 aromatic carbocycles. The number of esters is 1. The van der Waals surface area contributed by atoms with E-state index in [0.717, 1.165) is 0 Å². The molecule has 0 aromatic heterocycles. The van der Waals surface area contributed by atoms with E-state index in [1.807, 2.05) is 0 Å². The monoisotopic (exact) mass is 377 g/mol. The number of hydrogen-bond donors (Lipinski definition) is 0. The van der Waals surface area contributed by atoms with Gasteiger partial charge in [0.15, 0.2) is 17.2 Å². The maximum absolute atomic E-state index is 12.1. The van der Waals surface area contributed by atoms with Gasteiger partial charge in [-0.15, -0.1) is 0 Å². The number of benzene rings is 2. The second-order valence-corrected chi connectivity index (χ2v) is 5.89. The van der Waals surface area contributed by atoms with Gasteiger partial charge in [0.05, 0.1) is 24.8 Å². The summed E-state index contributed by atoms with van der Waals surface area (Å²) >= 11 is 12.0. The van der Waals surface area contributed by atoms with Gasteiger partial charge >= 0.3 is 5.97 Å². The molecule has 25 heavy (non-hydrogen) atoms. The van der Waals surface area contributed by atoms with Crippen LogP contribution in [0.4, 0.5) is 0 Å². The topological polar surface area (TPSA) is 57.1 Å². The Balaban J connectivity index is 2.02. The fourth-order valence-electron chi connectivity index (χ4n) is 2.36. The molecule has 0 atom stereocenters. The van der Waals surface area contributed by atoms with Crippen molar-refractivity contribution in [3.63, 3.8) is 0 Å². The van der Waals surface area contributed by atoms with E-state index in [-0.39, 0.29) is 11.6 Å². The van der Waals surface area contributed by atoms with E-state index in [1.54, 1.807) is 42.5 Å². The molecule has 1 aliphatic rings. The summed E-state index contributed by atoms with van der Waals surface area (Å²) in [5, 5.41) is 0.829. The average Bonchev–Trinajstić information content (AvgIpc) is 2.95. The second-order valence-electron chi connectivity index (χ2n) is 5.04.